The van der Waals surface area contributed by atoms with Crippen LogP contribution >= 0.6 is 0 Å². The van der Waals surface area contributed by atoms with Crippen molar-refractivity contribution in [1.82, 2.24) is 0 Å². The van der Waals surface area contributed by atoms with Crippen LogP contribution in [0.1, 0.15) is 26.2 Å². The average Bonchev–Trinajstić information content (AvgIpc) is 2.82. The van der Waals surface area contributed by atoms with Crippen LogP contribution in [0.5, 0.6) is 0 Å². The molecule has 4 nitrogen and oxygen atoms in total. The molecule has 18 heavy (non-hydrogen) atoms. The highest BCUT2D eigenvalue weighted by atomic mass is 32.2. The minimum absolute atomic E-state index is 0.168. The summed E-state index contributed by atoms with van der Waals surface area (Å²) in [5, 5.41) is 0. The van der Waals surface area contributed by atoms with Gasteiger partial charge >= 0.3 is 0 Å². The third kappa shape index (κ3) is 3.38. The van der Waals surface area contributed by atoms with Gasteiger partial charge in [0.2, 0.25) is 10.0 Å². The summed E-state index contributed by atoms with van der Waals surface area (Å²) in [5.41, 5.74) is 1.82. The molecule has 1 N–H and O–H groups in total. The third-order valence-electron chi connectivity index (χ3n) is 3.08. The predicted molar refractivity (Wildman–Crippen MR) is 75.6 cm³/mol. The summed E-state index contributed by atoms with van der Waals surface area (Å²) >= 11 is 0. The van der Waals surface area contributed by atoms with E-state index >= 15 is 0 Å². The Bertz CT molecular complexity index is 476. The summed E-state index contributed by atoms with van der Waals surface area (Å²) in [6.45, 7) is 4.05. The average molecular weight is 268 g/mol. The van der Waals surface area contributed by atoms with Crippen LogP contribution in [-0.2, 0) is 10.0 Å². The number of benzene rings is 1. The van der Waals surface area contributed by atoms with Crippen LogP contribution in [0.3, 0.4) is 0 Å². The van der Waals surface area contributed by atoms with Gasteiger partial charge in [0.25, 0.3) is 0 Å². The second kappa shape index (κ2) is 5.61. The highest BCUT2D eigenvalue weighted by Crippen LogP contribution is 2.22. The van der Waals surface area contributed by atoms with Gasteiger partial charge in [0.05, 0.1) is 5.75 Å². The normalized spacial score (nSPS) is 15.9. The standard InChI is InChI=1S/C13H20N2O2S/c1-2-11-18(16,17)14-12-5-7-13(8-6-12)15-9-3-4-10-15/h5-8,14H,2-4,9-11H2,1H3. The molecule has 0 amide bonds. The summed E-state index contributed by atoms with van der Waals surface area (Å²) in [6.07, 6.45) is 3.11. The lowest BCUT2D eigenvalue weighted by Gasteiger charge is -2.17. The van der Waals surface area contributed by atoms with E-state index in [1.165, 1.54) is 18.5 Å². The van der Waals surface area contributed by atoms with E-state index in [4.69, 9.17) is 0 Å². The van der Waals surface area contributed by atoms with Gasteiger partial charge in [0.15, 0.2) is 0 Å². The van der Waals surface area contributed by atoms with Crippen molar-refractivity contribution in [3.63, 3.8) is 0 Å². The molecule has 1 fully saturated rings. The van der Waals surface area contributed by atoms with Crippen molar-refractivity contribution in [1.29, 1.82) is 0 Å². The zero-order chi connectivity index (χ0) is 13.0. The van der Waals surface area contributed by atoms with Crippen molar-refractivity contribution in [3.05, 3.63) is 24.3 Å². The van der Waals surface area contributed by atoms with Gasteiger partial charge in [-0.05, 0) is 43.5 Å². The molecule has 5 heteroatoms. The molecule has 0 spiro atoms. The van der Waals surface area contributed by atoms with E-state index in [0.29, 0.717) is 12.1 Å². The van der Waals surface area contributed by atoms with E-state index in [-0.39, 0.29) is 5.75 Å². The summed E-state index contributed by atoms with van der Waals surface area (Å²) in [4.78, 5) is 2.32. The molecule has 1 aliphatic heterocycles. The molecule has 100 valence electrons. The fourth-order valence-electron chi connectivity index (χ4n) is 2.21. The zero-order valence-corrected chi connectivity index (χ0v) is 11.5. The predicted octanol–water partition coefficient (Wildman–Crippen LogP) is 2.44. The largest absolute Gasteiger partial charge is 0.372 e. The highest BCUT2D eigenvalue weighted by Gasteiger charge is 2.13. The van der Waals surface area contributed by atoms with Crippen LogP contribution in [0.4, 0.5) is 11.4 Å². The molecule has 0 saturated carbocycles. The summed E-state index contributed by atoms with van der Waals surface area (Å²) < 4.78 is 25.8. The maximum absolute atomic E-state index is 11.6. The SMILES string of the molecule is CCCS(=O)(=O)Nc1ccc(N2CCCC2)cc1. The van der Waals surface area contributed by atoms with E-state index in [1.54, 1.807) is 0 Å². The molecule has 1 aromatic rings. The molecule has 0 bridgehead atoms. The molecule has 0 aromatic heterocycles. The van der Waals surface area contributed by atoms with Gasteiger partial charge in [-0.3, -0.25) is 4.72 Å². The second-order valence-corrected chi connectivity index (χ2v) is 6.50. The van der Waals surface area contributed by atoms with Gasteiger partial charge in [-0.1, -0.05) is 6.92 Å². The summed E-state index contributed by atoms with van der Waals surface area (Å²) in [7, 11) is -3.18. The van der Waals surface area contributed by atoms with Crippen molar-refractivity contribution in [2.24, 2.45) is 0 Å². The van der Waals surface area contributed by atoms with E-state index in [0.717, 1.165) is 13.1 Å². The number of sulfonamides is 1. The van der Waals surface area contributed by atoms with Crippen LogP contribution in [-0.4, -0.2) is 27.3 Å². The zero-order valence-electron chi connectivity index (χ0n) is 10.7. The van der Waals surface area contributed by atoms with Crippen LogP contribution in [0, 0.1) is 0 Å². The number of anilines is 2. The summed E-state index contributed by atoms with van der Waals surface area (Å²) in [5.74, 6) is 0.168. The van der Waals surface area contributed by atoms with Crippen molar-refractivity contribution in [2.75, 3.05) is 28.5 Å². The van der Waals surface area contributed by atoms with Crippen LogP contribution in [0.25, 0.3) is 0 Å². The van der Waals surface area contributed by atoms with Crippen LogP contribution in [0.2, 0.25) is 0 Å². The Kier molecular flexibility index (Phi) is 4.11. The van der Waals surface area contributed by atoms with Gasteiger partial charge in [-0.25, -0.2) is 8.42 Å². The van der Waals surface area contributed by atoms with E-state index in [2.05, 4.69) is 9.62 Å². The Balaban J connectivity index is 2.03. The maximum atomic E-state index is 11.6. The Morgan fingerprint density at radius 3 is 2.33 bits per heavy atom. The highest BCUT2D eigenvalue weighted by molar-refractivity contribution is 7.92. The first-order valence-electron chi connectivity index (χ1n) is 6.46. The smallest absolute Gasteiger partial charge is 0.232 e. The lowest BCUT2D eigenvalue weighted by Crippen LogP contribution is -2.18. The Labute approximate surface area is 109 Å². The third-order valence-corrected chi connectivity index (χ3v) is 4.58. The van der Waals surface area contributed by atoms with E-state index in [1.807, 2.05) is 31.2 Å². The minimum atomic E-state index is -3.18. The molecular weight excluding hydrogens is 248 g/mol. The van der Waals surface area contributed by atoms with E-state index < -0.39 is 10.0 Å². The van der Waals surface area contributed by atoms with Crippen molar-refractivity contribution in [3.8, 4) is 0 Å². The van der Waals surface area contributed by atoms with Gasteiger partial charge in [0.1, 0.15) is 0 Å². The Hall–Kier alpha value is -1.23. The lowest BCUT2D eigenvalue weighted by atomic mass is 10.2. The number of nitrogens with zero attached hydrogens (tertiary/aromatic N) is 1. The van der Waals surface area contributed by atoms with Gasteiger partial charge in [0, 0.05) is 24.5 Å². The van der Waals surface area contributed by atoms with Crippen LogP contribution in [0.15, 0.2) is 24.3 Å². The van der Waals surface area contributed by atoms with Gasteiger partial charge < -0.3 is 4.90 Å². The first-order valence-corrected chi connectivity index (χ1v) is 8.11. The number of hydrogen-bond acceptors (Lipinski definition) is 3. The number of rotatable bonds is 5. The molecule has 0 unspecified atom stereocenters. The molecule has 1 aliphatic rings. The molecule has 0 aliphatic carbocycles. The molecule has 1 heterocycles. The number of hydrogen-bond donors (Lipinski definition) is 1. The van der Waals surface area contributed by atoms with E-state index in [9.17, 15) is 8.42 Å². The molecule has 0 atom stereocenters. The van der Waals surface area contributed by atoms with Crippen molar-refractivity contribution < 1.29 is 8.42 Å². The Morgan fingerprint density at radius 1 is 1.17 bits per heavy atom. The molecular formula is C13H20N2O2S. The van der Waals surface area contributed by atoms with Gasteiger partial charge in [-0.15, -0.1) is 0 Å². The van der Waals surface area contributed by atoms with Crippen LogP contribution < -0.4 is 9.62 Å². The quantitative estimate of drug-likeness (QED) is 0.892. The monoisotopic (exact) mass is 268 g/mol. The summed E-state index contributed by atoms with van der Waals surface area (Å²) in [6, 6.07) is 7.63. The minimum Gasteiger partial charge on any atom is -0.372 e. The lowest BCUT2D eigenvalue weighted by molar-refractivity contribution is 0.600. The fourth-order valence-corrected chi connectivity index (χ4v) is 3.35. The first-order chi connectivity index (χ1) is 8.61. The topological polar surface area (TPSA) is 49.4 Å². The second-order valence-electron chi connectivity index (χ2n) is 4.66. The maximum Gasteiger partial charge on any atom is 0.232 e. The molecule has 1 saturated heterocycles. The Morgan fingerprint density at radius 2 is 1.78 bits per heavy atom. The fraction of sp³-hybridized carbons (Fsp3) is 0.538. The van der Waals surface area contributed by atoms with Crippen molar-refractivity contribution in [2.45, 2.75) is 26.2 Å². The number of nitrogens with one attached hydrogen (secondary N) is 1. The first kappa shape index (κ1) is 13.2. The molecule has 0 radical (unpaired) electrons. The molecule has 2 rings (SSSR count). The molecule has 1 aromatic carbocycles. The van der Waals surface area contributed by atoms with Gasteiger partial charge in [-0.2, -0.15) is 0 Å². The van der Waals surface area contributed by atoms with Crippen molar-refractivity contribution >= 4 is 21.4 Å².